The molecular weight excluding hydrogens is 205 g/mol. The van der Waals surface area contributed by atoms with Gasteiger partial charge in [-0.3, -0.25) is 0 Å². The SMILES string of the molecule is OB(O)c1ccc2cn(C(F)F)nc2c1. The van der Waals surface area contributed by atoms with Crippen molar-refractivity contribution in [3.8, 4) is 0 Å². The van der Waals surface area contributed by atoms with Crippen molar-refractivity contribution in [3.63, 3.8) is 0 Å². The van der Waals surface area contributed by atoms with Crippen LogP contribution in [0.5, 0.6) is 0 Å². The Hall–Kier alpha value is -1.47. The third kappa shape index (κ3) is 1.83. The standard InChI is InChI=1S/C8H7BF2N2O2/c10-8(11)13-4-5-1-2-6(9(14)15)3-7(5)12-13/h1-4,8,14-15H. The highest BCUT2D eigenvalue weighted by atomic mass is 19.3. The van der Waals surface area contributed by atoms with E-state index in [0.29, 0.717) is 15.6 Å². The first kappa shape index (κ1) is 10.1. The minimum atomic E-state index is -2.69. The number of halogens is 2. The van der Waals surface area contributed by atoms with Gasteiger partial charge in [0, 0.05) is 11.6 Å². The highest BCUT2D eigenvalue weighted by Crippen LogP contribution is 2.15. The van der Waals surface area contributed by atoms with E-state index in [9.17, 15) is 8.78 Å². The van der Waals surface area contributed by atoms with Crippen LogP contribution in [0.4, 0.5) is 8.78 Å². The van der Waals surface area contributed by atoms with Gasteiger partial charge in [0.25, 0.3) is 0 Å². The molecule has 0 bridgehead atoms. The lowest BCUT2D eigenvalue weighted by Crippen LogP contribution is -2.29. The van der Waals surface area contributed by atoms with Crippen molar-refractivity contribution in [3.05, 3.63) is 24.4 Å². The number of hydrogen-bond acceptors (Lipinski definition) is 3. The van der Waals surface area contributed by atoms with Crippen LogP contribution in [-0.2, 0) is 0 Å². The number of fused-ring (bicyclic) bond motifs is 1. The number of benzene rings is 1. The largest absolute Gasteiger partial charge is 0.488 e. The minimum Gasteiger partial charge on any atom is -0.423 e. The Morgan fingerprint density at radius 3 is 2.67 bits per heavy atom. The van der Waals surface area contributed by atoms with Crippen LogP contribution < -0.4 is 5.46 Å². The molecule has 0 aliphatic carbocycles. The first-order valence-corrected chi connectivity index (χ1v) is 4.21. The van der Waals surface area contributed by atoms with E-state index < -0.39 is 13.7 Å². The van der Waals surface area contributed by atoms with Crippen LogP contribution in [-0.4, -0.2) is 26.9 Å². The second kappa shape index (κ2) is 3.60. The van der Waals surface area contributed by atoms with Crippen LogP contribution in [0.15, 0.2) is 24.4 Å². The summed E-state index contributed by atoms with van der Waals surface area (Å²) in [6.07, 6.45) is 1.20. The summed E-state index contributed by atoms with van der Waals surface area (Å²) in [5.74, 6) is 0. The Labute approximate surface area is 83.9 Å². The molecule has 15 heavy (non-hydrogen) atoms. The highest BCUT2D eigenvalue weighted by Gasteiger charge is 2.13. The summed E-state index contributed by atoms with van der Waals surface area (Å²) in [5.41, 5.74) is 0.530. The number of nitrogens with zero attached hydrogens (tertiary/aromatic N) is 2. The summed E-state index contributed by atoms with van der Waals surface area (Å²) in [4.78, 5) is 0. The van der Waals surface area contributed by atoms with Crippen LogP contribution in [0, 0.1) is 0 Å². The van der Waals surface area contributed by atoms with Gasteiger partial charge >= 0.3 is 13.7 Å². The summed E-state index contributed by atoms with van der Waals surface area (Å²) in [7, 11) is -1.62. The lowest BCUT2D eigenvalue weighted by atomic mass is 9.80. The molecule has 4 nitrogen and oxygen atoms in total. The van der Waals surface area contributed by atoms with Crippen molar-refractivity contribution in [1.29, 1.82) is 0 Å². The summed E-state index contributed by atoms with van der Waals surface area (Å²) in [5, 5.41) is 21.9. The summed E-state index contributed by atoms with van der Waals surface area (Å²) in [6, 6.07) is 4.32. The van der Waals surface area contributed by atoms with E-state index in [-0.39, 0.29) is 5.46 Å². The molecule has 0 aliphatic heterocycles. The number of hydrogen-bond donors (Lipinski definition) is 2. The molecule has 0 saturated heterocycles. The molecule has 2 rings (SSSR count). The molecule has 1 aromatic carbocycles. The topological polar surface area (TPSA) is 58.3 Å². The fraction of sp³-hybridized carbons (Fsp3) is 0.125. The average molecular weight is 212 g/mol. The first-order chi connectivity index (χ1) is 7.08. The van der Waals surface area contributed by atoms with Crippen molar-refractivity contribution in [2.75, 3.05) is 0 Å². The van der Waals surface area contributed by atoms with Gasteiger partial charge in [0.2, 0.25) is 0 Å². The Morgan fingerprint density at radius 1 is 1.33 bits per heavy atom. The van der Waals surface area contributed by atoms with Crippen molar-refractivity contribution in [2.45, 2.75) is 6.55 Å². The van der Waals surface area contributed by atoms with E-state index >= 15 is 0 Å². The average Bonchev–Trinajstić information content (AvgIpc) is 2.59. The molecule has 2 N–H and O–H groups in total. The van der Waals surface area contributed by atoms with Crippen molar-refractivity contribution < 1.29 is 18.8 Å². The molecule has 0 aliphatic rings. The third-order valence-corrected chi connectivity index (χ3v) is 2.05. The molecule has 2 aromatic rings. The highest BCUT2D eigenvalue weighted by molar-refractivity contribution is 6.58. The zero-order chi connectivity index (χ0) is 11.0. The van der Waals surface area contributed by atoms with Gasteiger partial charge in [-0.1, -0.05) is 12.1 Å². The van der Waals surface area contributed by atoms with Gasteiger partial charge in [0.05, 0.1) is 5.52 Å². The molecule has 0 saturated carbocycles. The lowest BCUT2D eigenvalue weighted by molar-refractivity contribution is 0.0574. The van der Waals surface area contributed by atoms with Crippen LogP contribution in [0.25, 0.3) is 10.9 Å². The third-order valence-electron chi connectivity index (χ3n) is 2.05. The Morgan fingerprint density at radius 2 is 2.07 bits per heavy atom. The minimum absolute atomic E-state index is 0.224. The molecule has 0 atom stereocenters. The molecule has 1 heterocycles. The van der Waals surface area contributed by atoms with E-state index in [1.165, 1.54) is 24.4 Å². The number of rotatable bonds is 2. The smallest absolute Gasteiger partial charge is 0.423 e. The Bertz CT molecular complexity index is 480. The predicted molar refractivity (Wildman–Crippen MR) is 50.8 cm³/mol. The molecule has 0 spiro atoms. The summed E-state index contributed by atoms with van der Waals surface area (Å²) in [6.45, 7) is -2.69. The first-order valence-electron chi connectivity index (χ1n) is 4.21. The van der Waals surface area contributed by atoms with E-state index in [2.05, 4.69) is 5.10 Å². The van der Waals surface area contributed by atoms with Crippen molar-refractivity contribution in [2.24, 2.45) is 0 Å². The van der Waals surface area contributed by atoms with Crippen LogP contribution >= 0.6 is 0 Å². The molecular formula is C8H7BF2N2O2. The van der Waals surface area contributed by atoms with Gasteiger partial charge in [0.1, 0.15) is 0 Å². The van der Waals surface area contributed by atoms with E-state index in [4.69, 9.17) is 10.0 Å². The van der Waals surface area contributed by atoms with Gasteiger partial charge < -0.3 is 10.0 Å². The van der Waals surface area contributed by atoms with Gasteiger partial charge in [-0.25, -0.2) is 4.68 Å². The van der Waals surface area contributed by atoms with Gasteiger partial charge in [-0.05, 0) is 11.5 Å². The molecule has 0 amide bonds. The molecule has 7 heteroatoms. The fourth-order valence-corrected chi connectivity index (χ4v) is 1.31. The van der Waals surface area contributed by atoms with Crippen molar-refractivity contribution >= 4 is 23.5 Å². The quantitative estimate of drug-likeness (QED) is 0.694. The van der Waals surface area contributed by atoms with Crippen LogP contribution in [0.1, 0.15) is 6.55 Å². The zero-order valence-electron chi connectivity index (χ0n) is 7.51. The fourth-order valence-electron chi connectivity index (χ4n) is 1.31. The summed E-state index contributed by atoms with van der Waals surface area (Å²) < 4.78 is 25.1. The van der Waals surface area contributed by atoms with Crippen molar-refractivity contribution in [1.82, 2.24) is 9.78 Å². The lowest BCUT2D eigenvalue weighted by Gasteiger charge is -1.97. The second-order valence-electron chi connectivity index (χ2n) is 3.08. The number of aromatic nitrogens is 2. The Balaban J connectivity index is 2.52. The van der Waals surface area contributed by atoms with Gasteiger partial charge in [0.15, 0.2) is 0 Å². The number of alkyl halides is 2. The van der Waals surface area contributed by atoms with Crippen LogP contribution in [0.3, 0.4) is 0 Å². The maximum atomic E-state index is 12.3. The van der Waals surface area contributed by atoms with E-state index in [0.717, 1.165) is 0 Å². The van der Waals surface area contributed by atoms with Gasteiger partial charge in [-0.15, -0.1) is 0 Å². The maximum absolute atomic E-state index is 12.3. The Kier molecular flexibility index (Phi) is 2.41. The second-order valence-corrected chi connectivity index (χ2v) is 3.08. The monoisotopic (exact) mass is 212 g/mol. The molecule has 1 aromatic heterocycles. The van der Waals surface area contributed by atoms with E-state index in [1.54, 1.807) is 0 Å². The maximum Gasteiger partial charge on any atom is 0.488 e. The predicted octanol–water partition coefficient (Wildman–Crippen LogP) is 0.111. The molecule has 78 valence electrons. The normalized spacial score (nSPS) is 11.3. The zero-order valence-corrected chi connectivity index (χ0v) is 7.51. The molecule has 0 unspecified atom stereocenters. The van der Waals surface area contributed by atoms with Gasteiger partial charge in [-0.2, -0.15) is 13.9 Å². The molecule has 0 fully saturated rings. The van der Waals surface area contributed by atoms with E-state index in [1.807, 2.05) is 0 Å². The molecule has 0 radical (unpaired) electrons. The van der Waals surface area contributed by atoms with Crippen LogP contribution in [0.2, 0.25) is 0 Å². The summed E-state index contributed by atoms with van der Waals surface area (Å²) >= 11 is 0.